The topological polar surface area (TPSA) is 38.9 Å². The molecule has 1 aromatic rings. The van der Waals surface area contributed by atoms with Gasteiger partial charge in [-0.05, 0) is 28.1 Å². The average Bonchev–Trinajstić information content (AvgIpc) is 2.09. The van der Waals surface area contributed by atoms with Gasteiger partial charge in [-0.25, -0.2) is 4.98 Å². The van der Waals surface area contributed by atoms with Crippen molar-refractivity contribution in [2.75, 3.05) is 6.54 Å². The van der Waals surface area contributed by atoms with Gasteiger partial charge in [0.05, 0.1) is 5.03 Å². The minimum atomic E-state index is 0.429. The Balaban J connectivity index is 2.58. The molecular weight excluding hydrogens is 236 g/mol. The average molecular weight is 247 g/mol. The number of pyridine rings is 1. The Morgan fingerprint density at radius 2 is 2.42 bits per heavy atom. The number of nitrogens with zero attached hydrogens (tertiary/aromatic N) is 1. The summed E-state index contributed by atoms with van der Waals surface area (Å²) >= 11 is 5.03. The Hall–Kier alpha value is -0.0600. The summed E-state index contributed by atoms with van der Waals surface area (Å²) in [5.74, 6) is 0. The van der Waals surface area contributed by atoms with E-state index in [2.05, 4.69) is 27.8 Å². The van der Waals surface area contributed by atoms with Crippen LogP contribution in [0.5, 0.6) is 0 Å². The van der Waals surface area contributed by atoms with E-state index in [1.165, 1.54) is 0 Å². The minimum absolute atomic E-state index is 0.429. The van der Waals surface area contributed by atoms with E-state index in [9.17, 15) is 0 Å². The van der Waals surface area contributed by atoms with Crippen LogP contribution >= 0.6 is 27.7 Å². The third kappa shape index (κ3) is 3.13. The van der Waals surface area contributed by atoms with Crippen molar-refractivity contribution >= 4 is 27.7 Å². The number of hydrogen-bond donors (Lipinski definition) is 1. The molecule has 0 saturated carbocycles. The van der Waals surface area contributed by atoms with Gasteiger partial charge in [0.25, 0.3) is 0 Å². The number of hydrogen-bond acceptors (Lipinski definition) is 3. The van der Waals surface area contributed by atoms with Gasteiger partial charge in [-0.3, -0.25) is 0 Å². The molecule has 2 N–H and O–H groups in total. The lowest BCUT2D eigenvalue weighted by molar-refractivity contribution is 0.944. The first-order valence-electron chi connectivity index (χ1n) is 3.70. The highest BCUT2D eigenvalue weighted by Crippen LogP contribution is 2.21. The molecule has 4 heteroatoms. The zero-order valence-electron chi connectivity index (χ0n) is 6.83. The lowest BCUT2D eigenvalue weighted by Crippen LogP contribution is -2.12. The zero-order chi connectivity index (χ0) is 8.97. The van der Waals surface area contributed by atoms with Crippen LogP contribution in [0.4, 0.5) is 0 Å². The van der Waals surface area contributed by atoms with Gasteiger partial charge in [0.2, 0.25) is 0 Å². The Morgan fingerprint density at radius 3 is 2.92 bits per heavy atom. The number of nitrogens with two attached hydrogens (primary N) is 1. The van der Waals surface area contributed by atoms with E-state index in [1.54, 1.807) is 18.0 Å². The Morgan fingerprint density at radius 1 is 1.67 bits per heavy atom. The number of thioether (sulfide) groups is 1. The number of rotatable bonds is 3. The SMILES string of the molecule is CC(CN)Sc1ccc(Br)cn1. The summed E-state index contributed by atoms with van der Waals surface area (Å²) in [7, 11) is 0. The molecule has 0 saturated heterocycles. The Labute approximate surface area is 85.1 Å². The standard InChI is InChI=1S/C8H11BrN2S/c1-6(4-10)12-8-3-2-7(9)5-11-8/h2-3,5-6H,4,10H2,1H3. The van der Waals surface area contributed by atoms with Crippen LogP contribution in [0.3, 0.4) is 0 Å². The van der Waals surface area contributed by atoms with Crippen molar-refractivity contribution < 1.29 is 0 Å². The lowest BCUT2D eigenvalue weighted by Gasteiger charge is -2.06. The van der Waals surface area contributed by atoms with Gasteiger partial charge in [0.1, 0.15) is 0 Å². The predicted octanol–water partition coefficient (Wildman–Crippen LogP) is 2.28. The van der Waals surface area contributed by atoms with Crippen molar-refractivity contribution in [3.8, 4) is 0 Å². The smallest absolute Gasteiger partial charge is 0.0963 e. The van der Waals surface area contributed by atoms with Crippen molar-refractivity contribution in [2.24, 2.45) is 5.73 Å². The maximum Gasteiger partial charge on any atom is 0.0963 e. The molecule has 12 heavy (non-hydrogen) atoms. The van der Waals surface area contributed by atoms with Crippen molar-refractivity contribution in [3.63, 3.8) is 0 Å². The van der Waals surface area contributed by atoms with Crippen molar-refractivity contribution in [2.45, 2.75) is 17.2 Å². The molecule has 1 heterocycles. The molecule has 0 fully saturated rings. The predicted molar refractivity (Wildman–Crippen MR) is 56.3 cm³/mol. The van der Waals surface area contributed by atoms with Gasteiger partial charge in [0.15, 0.2) is 0 Å². The van der Waals surface area contributed by atoms with Crippen LogP contribution in [-0.2, 0) is 0 Å². The van der Waals surface area contributed by atoms with E-state index in [0.717, 1.165) is 9.50 Å². The van der Waals surface area contributed by atoms with E-state index in [-0.39, 0.29) is 0 Å². The van der Waals surface area contributed by atoms with Crippen LogP contribution in [0.25, 0.3) is 0 Å². The summed E-state index contributed by atoms with van der Waals surface area (Å²) in [6.45, 7) is 2.77. The normalized spacial score (nSPS) is 12.9. The maximum atomic E-state index is 5.49. The third-order valence-corrected chi connectivity index (χ3v) is 2.90. The molecule has 1 atom stereocenters. The highest BCUT2D eigenvalue weighted by Gasteiger charge is 2.01. The van der Waals surface area contributed by atoms with Crippen LogP contribution in [0.1, 0.15) is 6.92 Å². The molecule has 0 aliphatic carbocycles. The fourth-order valence-corrected chi connectivity index (χ4v) is 1.69. The monoisotopic (exact) mass is 246 g/mol. The minimum Gasteiger partial charge on any atom is -0.329 e. The summed E-state index contributed by atoms with van der Waals surface area (Å²) in [6.07, 6.45) is 1.80. The second kappa shape index (κ2) is 4.84. The third-order valence-electron chi connectivity index (χ3n) is 1.35. The van der Waals surface area contributed by atoms with Gasteiger partial charge >= 0.3 is 0 Å². The number of aromatic nitrogens is 1. The molecule has 1 rings (SSSR count). The molecule has 2 nitrogen and oxygen atoms in total. The first-order chi connectivity index (χ1) is 5.72. The van der Waals surface area contributed by atoms with Crippen LogP contribution < -0.4 is 5.73 Å². The summed E-state index contributed by atoms with van der Waals surface area (Å²) in [6, 6.07) is 3.97. The summed E-state index contributed by atoms with van der Waals surface area (Å²) < 4.78 is 1.01. The van der Waals surface area contributed by atoms with Gasteiger partial charge in [0, 0.05) is 22.5 Å². The molecule has 0 aromatic carbocycles. The molecule has 1 aromatic heterocycles. The highest BCUT2D eigenvalue weighted by atomic mass is 79.9. The molecule has 0 radical (unpaired) electrons. The van der Waals surface area contributed by atoms with Crippen molar-refractivity contribution in [3.05, 3.63) is 22.8 Å². The largest absolute Gasteiger partial charge is 0.329 e. The second-order valence-electron chi connectivity index (χ2n) is 2.48. The Bertz CT molecular complexity index is 237. The van der Waals surface area contributed by atoms with Crippen molar-refractivity contribution in [1.29, 1.82) is 0 Å². The molecule has 0 aliphatic rings. The van der Waals surface area contributed by atoms with E-state index in [0.29, 0.717) is 11.8 Å². The van der Waals surface area contributed by atoms with Crippen LogP contribution in [0.2, 0.25) is 0 Å². The summed E-state index contributed by atoms with van der Waals surface area (Å²) in [5, 5.41) is 1.45. The van der Waals surface area contributed by atoms with Crippen molar-refractivity contribution in [1.82, 2.24) is 4.98 Å². The molecule has 0 amide bonds. The molecule has 1 unspecified atom stereocenters. The molecule has 0 spiro atoms. The molecular formula is C8H11BrN2S. The summed E-state index contributed by atoms with van der Waals surface area (Å²) in [4.78, 5) is 4.23. The van der Waals surface area contributed by atoms with E-state index >= 15 is 0 Å². The molecule has 0 aliphatic heterocycles. The second-order valence-corrected chi connectivity index (χ2v) is 4.85. The van der Waals surface area contributed by atoms with Gasteiger partial charge in [-0.1, -0.05) is 6.92 Å². The first-order valence-corrected chi connectivity index (χ1v) is 5.38. The van der Waals surface area contributed by atoms with Crippen LogP contribution in [0.15, 0.2) is 27.8 Å². The first kappa shape index (κ1) is 10.0. The van der Waals surface area contributed by atoms with Crippen LogP contribution in [0, 0.1) is 0 Å². The highest BCUT2D eigenvalue weighted by molar-refractivity contribution is 9.10. The van der Waals surface area contributed by atoms with Gasteiger partial charge in [-0.15, -0.1) is 11.8 Å². The van der Waals surface area contributed by atoms with Gasteiger partial charge in [-0.2, -0.15) is 0 Å². The zero-order valence-corrected chi connectivity index (χ0v) is 9.23. The fourth-order valence-electron chi connectivity index (χ4n) is 0.686. The van der Waals surface area contributed by atoms with Crippen LogP contribution in [-0.4, -0.2) is 16.8 Å². The van der Waals surface area contributed by atoms with Gasteiger partial charge < -0.3 is 5.73 Å². The Kier molecular flexibility index (Phi) is 4.05. The number of halogens is 1. The maximum absolute atomic E-state index is 5.49. The quantitative estimate of drug-likeness (QED) is 0.833. The molecule has 66 valence electrons. The van der Waals surface area contributed by atoms with E-state index < -0.39 is 0 Å². The van der Waals surface area contributed by atoms with E-state index in [1.807, 2.05) is 12.1 Å². The lowest BCUT2D eigenvalue weighted by atomic mass is 10.5. The summed E-state index contributed by atoms with van der Waals surface area (Å²) in [5.41, 5.74) is 5.49. The molecule has 0 bridgehead atoms. The van der Waals surface area contributed by atoms with E-state index in [4.69, 9.17) is 5.73 Å². The fraction of sp³-hybridized carbons (Fsp3) is 0.375.